The third-order valence-electron chi connectivity index (χ3n) is 4.97. The maximum absolute atomic E-state index is 11.2. The number of aliphatic hydroxyl groups excluding tert-OH is 1. The predicted molar refractivity (Wildman–Crippen MR) is 94.2 cm³/mol. The molecular weight excluding hydrogens is 304 g/mol. The largest absolute Gasteiger partial charge is 0.495 e. The minimum absolute atomic E-state index is 0.0736. The second-order valence-electron chi connectivity index (χ2n) is 6.83. The van der Waals surface area contributed by atoms with E-state index in [4.69, 9.17) is 4.74 Å². The Kier molecular flexibility index (Phi) is 7.10. The van der Waals surface area contributed by atoms with Gasteiger partial charge in [0.15, 0.2) is 0 Å². The van der Waals surface area contributed by atoms with E-state index in [9.17, 15) is 9.90 Å². The maximum Gasteiger partial charge on any atom is 0.330 e. The molecule has 4 nitrogen and oxygen atoms in total. The quantitative estimate of drug-likeness (QED) is 0.332. The first kappa shape index (κ1) is 18.8. The zero-order chi connectivity index (χ0) is 17.5. The summed E-state index contributed by atoms with van der Waals surface area (Å²) in [7, 11) is 1.37. The molecule has 4 heteroatoms. The first-order valence-corrected chi connectivity index (χ1v) is 9.03. The van der Waals surface area contributed by atoms with Crippen molar-refractivity contribution in [3.63, 3.8) is 0 Å². The van der Waals surface area contributed by atoms with Gasteiger partial charge in [-0.05, 0) is 31.4 Å². The second-order valence-corrected chi connectivity index (χ2v) is 6.83. The van der Waals surface area contributed by atoms with Gasteiger partial charge in [0.2, 0.25) is 0 Å². The summed E-state index contributed by atoms with van der Waals surface area (Å²) in [6, 6.07) is 0. The number of aliphatic hydroxyl groups is 1. The smallest absolute Gasteiger partial charge is 0.330 e. The third-order valence-corrected chi connectivity index (χ3v) is 4.97. The Morgan fingerprint density at radius 3 is 2.96 bits per heavy atom. The average Bonchev–Trinajstić information content (AvgIpc) is 2.87. The van der Waals surface area contributed by atoms with Crippen molar-refractivity contribution in [3.05, 3.63) is 35.6 Å². The minimum atomic E-state index is -0.384. The fourth-order valence-corrected chi connectivity index (χ4v) is 3.59. The van der Waals surface area contributed by atoms with Gasteiger partial charge in [-0.25, -0.2) is 4.79 Å². The molecular formula is C20H30O4. The molecule has 24 heavy (non-hydrogen) atoms. The Morgan fingerprint density at radius 2 is 2.25 bits per heavy atom. The molecule has 1 fully saturated rings. The van der Waals surface area contributed by atoms with Crippen LogP contribution in [0.5, 0.6) is 0 Å². The topological polar surface area (TPSA) is 55.8 Å². The summed E-state index contributed by atoms with van der Waals surface area (Å²) < 4.78 is 10.8. The van der Waals surface area contributed by atoms with Gasteiger partial charge in [0.1, 0.15) is 6.10 Å². The van der Waals surface area contributed by atoms with E-state index >= 15 is 0 Å². The first-order chi connectivity index (χ1) is 11.5. The van der Waals surface area contributed by atoms with Crippen LogP contribution in [0.3, 0.4) is 0 Å². The van der Waals surface area contributed by atoms with Gasteiger partial charge in [-0.15, -0.1) is 0 Å². The lowest BCUT2D eigenvalue weighted by Crippen LogP contribution is -2.25. The number of unbranched alkanes of at least 4 members (excludes halogenated alkanes) is 2. The van der Waals surface area contributed by atoms with Crippen LogP contribution in [-0.2, 0) is 14.3 Å². The summed E-state index contributed by atoms with van der Waals surface area (Å²) in [6.45, 7) is 4.06. The maximum atomic E-state index is 11.2. The van der Waals surface area contributed by atoms with E-state index in [1.54, 1.807) is 0 Å². The molecule has 0 radical (unpaired) electrons. The lowest BCUT2D eigenvalue weighted by Gasteiger charge is -2.29. The summed E-state index contributed by atoms with van der Waals surface area (Å²) in [4.78, 5) is 11.2. The Morgan fingerprint density at radius 1 is 1.46 bits per heavy atom. The summed E-state index contributed by atoms with van der Waals surface area (Å²) in [5.74, 6) is 1.13. The highest BCUT2D eigenvalue weighted by Gasteiger charge is 2.43. The van der Waals surface area contributed by atoms with Gasteiger partial charge in [-0.3, -0.25) is 0 Å². The standard InChI is InChI=1S/C20H30O4/c1-4-5-6-7-15-9-11-17-16(18(21)13-19(17)24-15)10-8-14(2)12-20(22)23-3/h8-10,12,16-19,21H,4-7,11,13H2,1-3H3. The van der Waals surface area contributed by atoms with E-state index in [1.807, 2.05) is 19.1 Å². The number of methoxy groups -OCH3 is 1. The van der Waals surface area contributed by atoms with Gasteiger partial charge < -0.3 is 14.6 Å². The number of allylic oxidation sites excluding steroid dienone is 4. The fraction of sp³-hybridized carbons (Fsp3) is 0.650. The molecule has 1 saturated carbocycles. The molecule has 0 aromatic carbocycles. The molecule has 1 heterocycles. The predicted octanol–water partition coefficient (Wildman–Crippen LogP) is 3.91. The molecule has 4 atom stereocenters. The number of esters is 1. The van der Waals surface area contributed by atoms with Crippen LogP contribution in [0.2, 0.25) is 0 Å². The number of hydrogen-bond donors (Lipinski definition) is 1. The van der Waals surface area contributed by atoms with Crippen molar-refractivity contribution >= 4 is 5.97 Å². The van der Waals surface area contributed by atoms with Gasteiger partial charge in [-0.2, -0.15) is 0 Å². The zero-order valence-electron chi connectivity index (χ0n) is 15.0. The van der Waals surface area contributed by atoms with Crippen LogP contribution in [-0.4, -0.2) is 30.4 Å². The number of carbonyl (C=O) groups excluding carboxylic acids is 1. The van der Waals surface area contributed by atoms with E-state index in [0.29, 0.717) is 12.3 Å². The van der Waals surface area contributed by atoms with Crippen molar-refractivity contribution in [1.29, 1.82) is 0 Å². The number of rotatable bonds is 7. The normalized spacial score (nSPS) is 30.0. The van der Waals surface area contributed by atoms with Crippen LogP contribution < -0.4 is 0 Å². The van der Waals surface area contributed by atoms with Crippen molar-refractivity contribution in [2.24, 2.45) is 11.8 Å². The van der Waals surface area contributed by atoms with Crippen LogP contribution >= 0.6 is 0 Å². The second kappa shape index (κ2) is 9.07. The van der Waals surface area contributed by atoms with Crippen LogP contribution in [0.15, 0.2) is 35.6 Å². The highest BCUT2D eigenvalue weighted by Crippen LogP contribution is 2.42. The van der Waals surface area contributed by atoms with E-state index < -0.39 is 0 Å². The molecule has 1 N–H and O–H groups in total. The number of ether oxygens (including phenoxy) is 2. The molecule has 0 amide bonds. The Hall–Kier alpha value is -1.55. The molecule has 1 aliphatic heterocycles. The summed E-state index contributed by atoms with van der Waals surface area (Å²) in [6.07, 6.45) is 13.6. The molecule has 134 valence electrons. The van der Waals surface area contributed by atoms with E-state index in [0.717, 1.165) is 24.2 Å². The molecule has 2 aliphatic rings. The van der Waals surface area contributed by atoms with Crippen LogP contribution in [0, 0.1) is 11.8 Å². The summed E-state index contributed by atoms with van der Waals surface area (Å²) in [5.41, 5.74) is 0.824. The van der Waals surface area contributed by atoms with Gasteiger partial charge in [-0.1, -0.05) is 31.9 Å². The first-order valence-electron chi connectivity index (χ1n) is 9.03. The van der Waals surface area contributed by atoms with Crippen LogP contribution in [0.4, 0.5) is 0 Å². The molecule has 0 aromatic rings. The molecule has 0 saturated heterocycles. The van der Waals surface area contributed by atoms with Gasteiger partial charge in [0, 0.05) is 30.8 Å². The van der Waals surface area contributed by atoms with E-state index in [-0.39, 0.29) is 24.1 Å². The summed E-state index contributed by atoms with van der Waals surface area (Å²) in [5, 5.41) is 10.4. The Bertz CT molecular complexity index is 518. The molecule has 1 aliphatic carbocycles. The average molecular weight is 334 g/mol. The van der Waals surface area contributed by atoms with Crippen LogP contribution in [0.25, 0.3) is 0 Å². The van der Waals surface area contributed by atoms with Gasteiger partial charge >= 0.3 is 5.97 Å². The highest BCUT2D eigenvalue weighted by molar-refractivity contribution is 5.83. The van der Waals surface area contributed by atoms with Crippen molar-refractivity contribution in [2.45, 2.75) is 64.6 Å². The summed E-state index contributed by atoms with van der Waals surface area (Å²) >= 11 is 0. The zero-order valence-corrected chi connectivity index (χ0v) is 15.0. The Balaban J connectivity index is 1.96. The van der Waals surface area contributed by atoms with Crippen molar-refractivity contribution in [2.75, 3.05) is 7.11 Å². The number of fused-ring (bicyclic) bond motifs is 1. The minimum Gasteiger partial charge on any atom is -0.495 e. The lowest BCUT2D eigenvalue weighted by atomic mass is 9.88. The van der Waals surface area contributed by atoms with Crippen molar-refractivity contribution in [3.8, 4) is 0 Å². The van der Waals surface area contributed by atoms with Crippen LogP contribution in [0.1, 0.15) is 52.4 Å². The highest BCUT2D eigenvalue weighted by atomic mass is 16.5. The molecule has 4 unspecified atom stereocenters. The van der Waals surface area contributed by atoms with E-state index in [2.05, 4.69) is 17.7 Å². The van der Waals surface area contributed by atoms with Crippen molar-refractivity contribution in [1.82, 2.24) is 0 Å². The monoisotopic (exact) mass is 334 g/mol. The van der Waals surface area contributed by atoms with Gasteiger partial charge in [0.25, 0.3) is 0 Å². The lowest BCUT2D eigenvalue weighted by molar-refractivity contribution is -0.134. The number of carbonyl (C=O) groups is 1. The Labute approximate surface area is 145 Å². The molecule has 0 aromatic heterocycles. The van der Waals surface area contributed by atoms with Crippen molar-refractivity contribution < 1.29 is 19.4 Å². The van der Waals surface area contributed by atoms with Gasteiger partial charge in [0.05, 0.1) is 19.0 Å². The molecule has 0 spiro atoms. The van der Waals surface area contributed by atoms with E-state index in [1.165, 1.54) is 32.4 Å². The number of hydrogen-bond acceptors (Lipinski definition) is 4. The third kappa shape index (κ3) is 4.97. The fourth-order valence-electron chi connectivity index (χ4n) is 3.59. The molecule has 0 bridgehead atoms. The molecule has 2 rings (SSSR count). The SMILES string of the molecule is CCCCCC1=CCC2C(CC(O)C2C=CC(C)=CC(=O)OC)O1.